The lowest BCUT2D eigenvalue weighted by atomic mass is 9.85. The van der Waals surface area contributed by atoms with Crippen molar-refractivity contribution in [1.29, 1.82) is 0 Å². The molecule has 1 saturated heterocycles. The molecule has 2 N–H and O–H groups in total. The lowest BCUT2D eigenvalue weighted by molar-refractivity contribution is 0.162. The minimum Gasteiger partial charge on any atom is -0.379 e. The smallest absolute Gasteiger partial charge is 0.0624 e. The maximum Gasteiger partial charge on any atom is 0.0624 e. The first-order valence-electron chi connectivity index (χ1n) is 6.13. The number of aryl methyl sites for hydroxylation is 1. The summed E-state index contributed by atoms with van der Waals surface area (Å²) < 4.78 is 5.49. The van der Waals surface area contributed by atoms with Gasteiger partial charge < -0.3 is 15.4 Å². The normalized spacial score (nSPS) is 28.4. The van der Waals surface area contributed by atoms with Crippen LogP contribution in [0.3, 0.4) is 0 Å². The molecule has 2 rings (SSSR count). The molecule has 2 atom stereocenters. The third-order valence-electron chi connectivity index (χ3n) is 3.75. The summed E-state index contributed by atoms with van der Waals surface area (Å²) in [5.41, 5.74) is 8.75. The summed E-state index contributed by atoms with van der Waals surface area (Å²) in [6.07, 6.45) is 0. The summed E-state index contributed by atoms with van der Waals surface area (Å²) in [5, 5.41) is 0. The van der Waals surface area contributed by atoms with Crippen molar-refractivity contribution in [3.05, 3.63) is 29.8 Å². The van der Waals surface area contributed by atoms with Gasteiger partial charge in [-0.1, -0.05) is 25.1 Å². The number of nitrogens with zero attached hydrogens (tertiary/aromatic N) is 1. The summed E-state index contributed by atoms with van der Waals surface area (Å²) >= 11 is 0. The molecule has 0 amide bonds. The van der Waals surface area contributed by atoms with Gasteiger partial charge in [0.25, 0.3) is 0 Å². The predicted octanol–water partition coefficient (Wildman–Crippen LogP) is 1.80. The maximum atomic E-state index is 6.13. The van der Waals surface area contributed by atoms with E-state index in [-0.39, 0.29) is 11.5 Å². The lowest BCUT2D eigenvalue weighted by Gasteiger charge is -2.33. The van der Waals surface area contributed by atoms with E-state index in [4.69, 9.17) is 10.5 Å². The topological polar surface area (TPSA) is 38.5 Å². The number of ether oxygens (including phenoxy) is 1. The zero-order valence-corrected chi connectivity index (χ0v) is 10.9. The molecule has 2 unspecified atom stereocenters. The molecule has 0 spiro atoms. The molecule has 1 heterocycles. The Morgan fingerprint density at radius 3 is 2.76 bits per heavy atom. The van der Waals surface area contributed by atoms with Crippen LogP contribution in [0.4, 0.5) is 5.69 Å². The monoisotopic (exact) mass is 234 g/mol. The average molecular weight is 234 g/mol. The molecule has 0 aliphatic carbocycles. The Labute approximate surface area is 104 Å². The molecule has 1 aromatic carbocycles. The highest BCUT2D eigenvalue weighted by atomic mass is 16.5. The van der Waals surface area contributed by atoms with Gasteiger partial charge in [0.15, 0.2) is 0 Å². The van der Waals surface area contributed by atoms with Gasteiger partial charge in [-0.2, -0.15) is 0 Å². The van der Waals surface area contributed by atoms with Crippen LogP contribution < -0.4 is 10.6 Å². The van der Waals surface area contributed by atoms with Gasteiger partial charge in [-0.15, -0.1) is 0 Å². The van der Waals surface area contributed by atoms with Crippen molar-refractivity contribution in [2.24, 2.45) is 11.1 Å². The van der Waals surface area contributed by atoms with Crippen LogP contribution in [0.25, 0.3) is 0 Å². The number of benzene rings is 1. The maximum absolute atomic E-state index is 6.13. The molecule has 1 aromatic rings. The fraction of sp³-hybridized carbons (Fsp3) is 0.571. The van der Waals surface area contributed by atoms with E-state index >= 15 is 0 Å². The van der Waals surface area contributed by atoms with E-state index in [0.29, 0.717) is 6.61 Å². The van der Waals surface area contributed by atoms with Gasteiger partial charge in [0.2, 0.25) is 0 Å². The Morgan fingerprint density at radius 2 is 2.18 bits per heavy atom. The van der Waals surface area contributed by atoms with Crippen LogP contribution in [-0.4, -0.2) is 32.8 Å². The molecular formula is C14H22N2O. The van der Waals surface area contributed by atoms with Crippen LogP contribution >= 0.6 is 0 Å². The molecule has 0 aromatic heterocycles. The first-order chi connectivity index (χ1) is 8.03. The zero-order chi connectivity index (χ0) is 12.5. The molecule has 1 aliphatic heterocycles. The number of para-hydroxylation sites is 1. The molecule has 1 fully saturated rings. The molecule has 0 radical (unpaired) electrons. The van der Waals surface area contributed by atoms with Crippen molar-refractivity contribution in [3.63, 3.8) is 0 Å². The van der Waals surface area contributed by atoms with Gasteiger partial charge in [-0.25, -0.2) is 0 Å². The SMILES string of the molecule is Cc1ccccc1N(C)CC1(C)COCC1N. The van der Waals surface area contributed by atoms with E-state index in [1.807, 2.05) is 0 Å². The fourth-order valence-corrected chi connectivity index (χ4v) is 2.51. The highest BCUT2D eigenvalue weighted by Gasteiger charge is 2.38. The molecule has 3 nitrogen and oxygen atoms in total. The second-order valence-electron chi connectivity index (χ2n) is 5.42. The van der Waals surface area contributed by atoms with Crippen molar-refractivity contribution in [1.82, 2.24) is 0 Å². The van der Waals surface area contributed by atoms with Crippen molar-refractivity contribution < 1.29 is 4.74 Å². The van der Waals surface area contributed by atoms with Crippen molar-refractivity contribution in [3.8, 4) is 0 Å². The second kappa shape index (κ2) is 4.67. The van der Waals surface area contributed by atoms with Crippen LogP contribution in [0.5, 0.6) is 0 Å². The van der Waals surface area contributed by atoms with Crippen LogP contribution in [0, 0.1) is 12.3 Å². The summed E-state index contributed by atoms with van der Waals surface area (Å²) in [5.74, 6) is 0. The van der Waals surface area contributed by atoms with Crippen LogP contribution in [-0.2, 0) is 4.74 Å². The van der Waals surface area contributed by atoms with E-state index in [9.17, 15) is 0 Å². The predicted molar refractivity (Wildman–Crippen MR) is 71.4 cm³/mol. The molecule has 1 aliphatic rings. The van der Waals surface area contributed by atoms with Gasteiger partial charge >= 0.3 is 0 Å². The minimum absolute atomic E-state index is 0.0526. The third-order valence-corrected chi connectivity index (χ3v) is 3.75. The molecule has 94 valence electrons. The highest BCUT2D eigenvalue weighted by Crippen LogP contribution is 2.30. The van der Waals surface area contributed by atoms with E-state index in [0.717, 1.165) is 13.2 Å². The number of hydrogen-bond donors (Lipinski definition) is 1. The fourth-order valence-electron chi connectivity index (χ4n) is 2.51. The van der Waals surface area contributed by atoms with Gasteiger partial charge in [0.1, 0.15) is 0 Å². The molecule has 0 bridgehead atoms. The Morgan fingerprint density at radius 1 is 1.47 bits per heavy atom. The summed E-state index contributed by atoms with van der Waals surface area (Å²) in [4.78, 5) is 2.28. The average Bonchev–Trinajstić information content (AvgIpc) is 2.59. The number of hydrogen-bond acceptors (Lipinski definition) is 3. The first kappa shape index (κ1) is 12.4. The largest absolute Gasteiger partial charge is 0.379 e. The molecular weight excluding hydrogens is 212 g/mol. The Hall–Kier alpha value is -1.06. The Bertz CT molecular complexity index is 394. The van der Waals surface area contributed by atoms with Crippen molar-refractivity contribution in [2.75, 3.05) is 31.7 Å². The van der Waals surface area contributed by atoms with E-state index in [1.54, 1.807) is 0 Å². The first-order valence-corrected chi connectivity index (χ1v) is 6.13. The zero-order valence-electron chi connectivity index (χ0n) is 10.9. The van der Waals surface area contributed by atoms with Gasteiger partial charge in [0.05, 0.1) is 13.2 Å². The second-order valence-corrected chi connectivity index (χ2v) is 5.42. The standard InChI is InChI=1S/C14H22N2O/c1-11-6-4-5-7-12(11)16(3)9-14(2)10-17-8-13(14)15/h4-7,13H,8-10,15H2,1-3H3. The molecule has 3 heteroatoms. The van der Waals surface area contributed by atoms with E-state index < -0.39 is 0 Å². The molecule has 17 heavy (non-hydrogen) atoms. The number of nitrogens with two attached hydrogens (primary N) is 1. The van der Waals surface area contributed by atoms with Crippen molar-refractivity contribution >= 4 is 5.69 Å². The Balaban J connectivity index is 2.12. The number of anilines is 1. The number of rotatable bonds is 3. The minimum atomic E-state index is 0.0526. The summed E-state index contributed by atoms with van der Waals surface area (Å²) in [7, 11) is 2.12. The van der Waals surface area contributed by atoms with Gasteiger partial charge in [-0.05, 0) is 18.6 Å². The molecule has 0 saturated carbocycles. The van der Waals surface area contributed by atoms with Gasteiger partial charge in [-0.3, -0.25) is 0 Å². The van der Waals surface area contributed by atoms with E-state index in [1.165, 1.54) is 11.3 Å². The summed E-state index contributed by atoms with van der Waals surface area (Å²) in [6.45, 7) is 6.71. The highest BCUT2D eigenvalue weighted by molar-refractivity contribution is 5.52. The van der Waals surface area contributed by atoms with Crippen LogP contribution in [0.1, 0.15) is 12.5 Å². The quantitative estimate of drug-likeness (QED) is 0.866. The summed E-state index contributed by atoms with van der Waals surface area (Å²) in [6, 6.07) is 8.57. The Kier molecular flexibility index (Phi) is 3.40. The lowest BCUT2D eigenvalue weighted by Crippen LogP contribution is -2.46. The third kappa shape index (κ3) is 2.45. The van der Waals surface area contributed by atoms with Crippen LogP contribution in [0.2, 0.25) is 0 Å². The van der Waals surface area contributed by atoms with Gasteiger partial charge in [0, 0.05) is 30.7 Å². The van der Waals surface area contributed by atoms with E-state index in [2.05, 4.69) is 50.1 Å². The van der Waals surface area contributed by atoms with Crippen LogP contribution in [0.15, 0.2) is 24.3 Å². The van der Waals surface area contributed by atoms with Crippen molar-refractivity contribution in [2.45, 2.75) is 19.9 Å².